The molecule has 0 saturated carbocycles. The minimum absolute atomic E-state index is 0.370. The van der Waals surface area contributed by atoms with Crippen LogP contribution in [0.5, 0.6) is 0 Å². The Morgan fingerprint density at radius 1 is 1.53 bits per heavy atom. The summed E-state index contributed by atoms with van der Waals surface area (Å²) in [6, 6.07) is 0. The largest absolute Gasteiger partial charge is 0.377 e. The van der Waals surface area contributed by atoms with Crippen LogP contribution in [0.4, 0.5) is 0 Å². The fourth-order valence-corrected chi connectivity index (χ4v) is 2.43. The molecule has 5 nitrogen and oxygen atoms in total. The number of rotatable bonds is 8. The van der Waals surface area contributed by atoms with Crippen LogP contribution in [0.3, 0.4) is 0 Å². The maximum absolute atomic E-state index is 11.1. The quantitative estimate of drug-likeness (QED) is 0.686. The zero-order valence-electron chi connectivity index (χ0n) is 12.4. The molecule has 0 aromatic rings. The fraction of sp³-hybridized carbons (Fsp3) is 0.929. The van der Waals surface area contributed by atoms with Crippen molar-refractivity contribution < 1.29 is 9.53 Å². The van der Waals surface area contributed by atoms with Gasteiger partial charge < -0.3 is 21.1 Å². The number of nitrogens with zero attached hydrogens (tertiary/aromatic N) is 1. The van der Waals surface area contributed by atoms with Gasteiger partial charge in [-0.1, -0.05) is 6.92 Å². The lowest BCUT2D eigenvalue weighted by atomic mass is 9.96. The smallest absolute Gasteiger partial charge is 0.237 e. The summed E-state index contributed by atoms with van der Waals surface area (Å²) in [4.78, 5) is 13.5. The van der Waals surface area contributed by atoms with Crippen LogP contribution < -0.4 is 11.5 Å². The molecule has 1 saturated heterocycles. The van der Waals surface area contributed by atoms with E-state index < -0.39 is 11.4 Å². The third kappa shape index (κ3) is 5.89. The van der Waals surface area contributed by atoms with E-state index >= 15 is 0 Å². The van der Waals surface area contributed by atoms with Gasteiger partial charge >= 0.3 is 0 Å². The van der Waals surface area contributed by atoms with Crippen LogP contribution in [-0.4, -0.2) is 48.7 Å². The summed E-state index contributed by atoms with van der Waals surface area (Å²) in [5.74, 6) is -0.421. The molecule has 0 spiro atoms. The van der Waals surface area contributed by atoms with Crippen molar-refractivity contribution in [2.75, 3.05) is 26.2 Å². The highest BCUT2D eigenvalue weighted by molar-refractivity contribution is 5.83. The Balaban J connectivity index is 2.24. The molecule has 0 aliphatic carbocycles. The van der Waals surface area contributed by atoms with Crippen molar-refractivity contribution in [3.63, 3.8) is 0 Å². The van der Waals surface area contributed by atoms with Crippen LogP contribution >= 0.6 is 0 Å². The molecule has 4 N–H and O–H groups in total. The molecule has 1 heterocycles. The van der Waals surface area contributed by atoms with E-state index in [1.54, 1.807) is 6.92 Å². The van der Waals surface area contributed by atoms with Crippen molar-refractivity contribution in [3.8, 4) is 0 Å². The standard InChI is InChI=1S/C14H29N3O2/c1-3-10-19-12-6-4-8-17(11-12)9-5-7-14(2,16)13(15)18/h12H,3-11,16H2,1-2H3,(H2,15,18). The Morgan fingerprint density at radius 2 is 2.26 bits per heavy atom. The van der Waals surface area contributed by atoms with Gasteiger partial charge in [0.15, 0.2) is 0 Å². The van der Waals surface area contributed by atoms with Crippen LogP contribution in [0, 0.1) is 0 Å². The van der Waals surface area contributed by atoms with Crippen LogP contribution in [0.1, 0.15) is 46.0 Å². The number of nitrogens with two attached hydrogens (primary N) is 2. The number of carbonyl (C=O) groups is 1. The van der Waals surface area contributed by atoms with Gasteiger partial charge in [-0.15, -0.1) is 0 Å². The number of hydrogen-bond acceptors (Lipinski definition) is 4. The maximum atomic E-state index is 11.1. The molecule has 19 heavy (non-hydrogen) atoms. The van der Waals surface area contributed by atoms with Crippen molar-refractivity contribution in [2.24, 2.45) is 11.5 Å². The molecular weight excluding hydrogens is 242 g/mol. The van der Waals surface area contributed by atoms with Crippen LogP contribution in [-0.2, 0) is 9.53 Å². The minimum atomic E-state index is -0.881. The highest BCUT2D eigenvalue weighted by Gasteiger charge is 2.26. The summed E-state index contributed by atoms with van der Waals surface area (Å²) >= 11 is 0. The number of carbonyl (C=O) groups excluding carboxylic acids is 1. The molecule has 5 heteroatoms. The van der Waals surface area contributed by atoms with Crippen molar-refractivity contribution >= 4 is 5.91 Å². The maximum Gasteiger partial charge on any atom is 0.237 e. The molecule has 2 atom stereocenters. The van der Waals surface area contributed by atoms with Gasteiger partial charge in [0.25, 0.3) is 0 Å². The number of likely N-dealkylation sites (tertiary alicyclic amines) is 1. The van der Waals surface area contributed by atoms with Gasteiger partial charge in [0, 0.05) is 13.2 Å². The zero-order chi connectivity index (χ0) is 14.3. The molecule has 1 fully saturated rings. The Labute approximate surface area is 116 Å². The molecule has 1 rings (SSSR count). The zero-order valence-corrected chi connectivity index (χ0v) is 12.4. The minimum Gasteiger partial charge on any atom is -0.377 e. The number of amides is 1. The van der Waals surface area contributed by atoms with Crippen molar-refractivity contribution in [2.45, 2.75) is 57.6 Å². The second-order valence-corrected chi connectivity index (χ2v) is 5.82. The molecule has 0 aromatic carbocycles. The fourth-order valence-electron chi connectivity index (χ4n) is 2.43. The SMILES string of the molecule is CCCOC1CCCN(CCCC(C)(N)C(N)=O)C1. The van der Waals surface area contributed by atoms with E-state index in [4.69, 9.17) is 16.2 Å². The van der Waals surface area contributed by atoms with Crippen molar-refractivity contribution in [3.05, 3.63) is 0 Å². The summed E-state index contributed by atoms with van der Waals surface area (Å²) in [7, 11) is 0. The second-order valence-electron chi connectivity index (χ2n) is 5.82. The highest BCUT2D eigenvalue weighted by Crippen LogP contribution is 2.15. The van der Waals surface area contributed by atoms with Gasteiger partial charge in [-0.3, -0.25) is 4.79 Å². The van der Waals surface area contributed by atoms with E-state index in [1.165, 1.54) is 6.42 Å². The molecule has 1 aliphatic heterocycles. The van der Waals surface area contributed by atoms with Gasteiger partial charge in [0.05, 0.1) is 11.6 Å². The van der Waals surface area contributed by atoms with Gasteiger partial charge in [-0.25, -0.2) is 0 Å². The van der Waals surface area contributed by atoms with Crippen LogP contribution in [0.25, 0.3) is 0 Å². The first-order chi connectivity index (χ1) is 8.95. The van der Waals surface area contributed by atoms with E-state index in [2.05, 4.69) is 11.8 Å². The molecule has 1 amide bonds. The summed E-state index contributed by atoms with van der Waals surface area (Å²) < 4.78 is 5.81. The first-order valence-electron chi connectivity index (χ1n) is 7.38. The number of piperidine rings is 1. The highest BCUT2D eigenvalue weighted by atomic mass is 16.5. The molecule has 0 bridgehead atoms. The van der Waals surface area contributed by atoms with Crippen LogP contribution in [0.2, 0.25) is 0 Å². The van der Waals surface area contributed by atoms with Crippen molar-refractivity contribution in [1.29, 1.82) is 0 Å². The van der Waals surface area contributed by atoms with Gasteiger partial charge in [-0.05, 0) is 52.1 Å². The van der Waals surface area contributed by atoms with E-state index in [1.807, 2.05) is 0 Å². The summed E-state index contributed by atoms with van der Waals surface area (Å²) in [6.45, 7) is 7.76. The molecule has 1 aliphatic rings. The Bertz CT molecular complexity index is 282. The third-order valence-corrected chi connectivity index (χ3v) is 3.75. The molecule has 0 radical (unpaired) electrons. The van der Waals surface area contributed by atoms with E-state index in [0.29, 0.717) is 12.5 Å². The Hall–Kier alpha value is -0.650. The number of ether oxygens (including phenoxy) is 1. The Morgan fingerprint density at radius 3 is 2.89 bits per heavy atom. The summed E-state index contributed by atoms with van der Waals surface area (Å²) in [6.07, 6.45) is 5.32. The summed E-state index contributed by atoms with van der Waals surface area (Å²) in [5.41, 5.74) is 10.2. The van der Waals surface area contributed by atoms with Gasteiger partial charge in [-0.2, -0.15) is 0 Å². The monoisotopic (exact) mass is 271 g/mol. The molecule has 112 valence electrons. The predicted molar refractivity (Wildman–Crippen MR) is 76.7 cm³/mol. The second kappa shape index (κ2) is 7.82. The molecular formula is C14H29N3O2. The van der Waals surface area contributed by atoms with Crippen molar-refractivity contribution in [1.82, 2.24) is 4.90 Å². The van der Waals surface area contributed by atoms with E-state index in [-0.39, 0.29) is 0 Å². The number of hydrogen-bond donors (Lipinski definition) is 2. The lowest BCUT2D eigenvalue weighted by Gasteiger charge is -2.33. The Kier molecular flexibility index (Phi) is 6.75. The topological polar surface area (TPSA) is 81.6 Å². The first-order valence-corrected chi connectivity index (χ1v) is 7.38. The predicted octanol–water partition coefficient (Wildman–Crippen LogP) is 0.860. The van der Waals surface area contributed by atoms with Crippen LogP contribution in [0.15, 0.2) is 0 Å². The molecule has 0 aromatic heterocycles. The third-order valence-electron chi connectivity index (χ3n) is 3.75. The van der Waals surface area contributed by atoms with E-state index in [9.17, 15) is 4.79 Å². The molecule has 2 unspecified atom stereocenters. The normalized spacial score (nSPS) is 24.1. The average molecular weight is 271 g/mol. The lowest BCUT2D eigenvalue weighted by Crippen LogP contribution is -2.49. The lowest BCUT2D eigenvalue weighted by molar-refractivity contribution is -0.122. The van der Waals surface area contributed by atoms with E-state index in [0.717, 1.165) is 45.5 Å². The van der Waals surface area contributed by atoms with Gasteiger partial charge in [0.2, 0.25) is 5.91 Å². The summed E-state index contributed by atoms with van der Waals surface area (Å²) in [5, 5.41) is 0. The average Bonchev–Trinajstić information content (AvgIpc) is 2.36. The number of primary amides is 1. The first kappa shape index (κ1) is 16.4. The van der Waals surface area contributed by atoms with Gasteiger partial charge in [0.1, 0.15) is 0 Å².